The maximum Gasteiger partial charge on any atom is 0.416 e. The number of ether oxygens (including phenoxy) is 1. The molecular weight excluding hydrogens is 469 g/mol. The zero-order valence-corrected chi connectivity index (χ0v) is 20.1. The van der Waals surface area contributed by atoms with E-state index < -0.39 is 17.8 Å². The number of hydrogen-bond acceptors (Lipinski definition) is 6. The van der Waals surface area contributed by atoms with Crippen LogP contribution in [0.25, 0.3) is 16.4 Å². The van der Waals surface area contributed by atoms with Gasteiger partial charge in [0, 0.05) is 48.2 Å². The van der Waals surface area contributed by atoms with Crippen molar-refractivity contribution in [2.24, 2.45) is 5.41 Å². The summed E-state index contributed by atoms with van der Waals surface area (Å²) in [7, 11) is 0. The van der Waals surface area contributed by atoms with Crippen LogP contribution in [-0.2, 0) is 10.9 Å². The first kappa shape index (κ1) is 23.0. The summed E-state index contributed by atoms with van der Waals surface area (Å²) in [4.78, 5) is 6.73. The predicted molar refractivity (Wildman–Crippen MR) is 131 cm³/mol. The van der Waals surface area contributed by atoms with Crippen LogP contribution in [0.15, 0.2) is 42.7 Å². The largest absolute Gasteiger partial charge is 0.416 e. The summed E-state index contributed by atoms with van der Waals surface area (Å²) in [5.41, 5.74) is 2.21. The van der Waals surface area contributed by atoms with Gasteiger partial charge in [-0.3, -0.25) is 0 Å². The topological polar surface area (TPSA) is 67.6 Å². The highest BCUT2D eigenvalue weighted by atomic mass is 19.4. The molecule has 6 rings (SSSR count). The molecule has 1 atom stereocenters. The minimum absolute atomic E-state index is 0.208. The molecular formula is C26H27F3N6O. The van der Waals surface area contributed by atoms with Crippen molar-refractivity contribution in [3.05, 3.63) is 59.4 Å². The van der Waals surface area contributed by atoms with Crippen molar-refractivity contribution in [2.75, 3.05) is 36.5 Å². The van der Waals surface area contributed by atoms with Gasteiger partial charge in [-0.2, -0.15) is 13.2 Å². The Kier molecular flexibility index (Phi) is 5.33. The first-order valence-electron chi connectivity index (χ1n) is 12.1. The molecule has 7 nitrogen and oxygen atoms in total. The minimum Gasteiger partial charge on any atom is -0.381 e. The maximum absolute atomic E-state index is 13.5. The molecule has 1 N–H and O–H groups in total. The molecule has 10 heteroatoms. The summed E-state index contributed by atoms with van der Waals surface area (Å²) < 4.78 is 47.5. The fourth-order valence-corrected chi connectivity index (χ4v) is 5.64. The van der Waals surface area contributed by atoms with Crippen molar-refractivity contribution in [1.29, 1.82) is 0 Å². The van der Waals surface area contributed by atoms with E-state index >= 15 is 0 Å². The Morgan fingerprint density at radius 2 is 1.86 bits per heavy atom. The lowest BCUT2D eigenvalue weighted by Crippen LogP contribution is -2.58. The molecule has 4 aromatic rings. The van der Waals surface area contributed by atoms with Crippen molar-refractivity contribution < 1.29 is 17.9 Å². The van der Waals surface area contributed by atoms with E-state index in [1.807, 2.05) is 13.0 Å². The van der Waals surface area contributed by atoms with Crippen LogP contribution in [0.5, 0.6) is 0 Å². The summed E-state index contributed by atoms with van der Waals surface area (Å²) in [5.74, 6) is 0.551. The molecule has 188 valence electrons. The number of alkyl halides is 3. The summed E-state index contributed by atoms with van der Waals surface area (Å²) in [6.45, 7) is 6.98. The number of aromatic nitrogens is 4. The van der Waals surface area contributed by atoms with E-state index in [9.17, 15) is 13.2 Å². The van der Waals surface area contributed by atoms with E-state index in [0.717, 1.165) is 61.7 Å². The number of nitrogens with one attached hydrogen (secondary N) is 1. The van der Waals surface area contributed by atoms with Gasteiger partial charge in [-0.25, -0.2) is 4.98 Å². The second-order valence-electron chi connectivity index (χ2n) is 10.0. The smallest absolute Gasteiger partial charge is 0.381 e. The first-order chi connectivity index (χ1) is 17.2. The van der Waals surface area contributed by atoms with Crippen LogP contribution in [-0.4, -0.2) is 46.1 Å². The molecule has 4 heterocycles. The average Bonchev–Trinajstić information content (AvgIpc) is 3.31. The van der Waals surface area contributed by atoms with Crippen molar-refractivity contribution in [2.45, 2.75) is 38.9 Å². The molecule has 2 aromatic heterocycles. The Labute approximate surface area is 206 Å². The van der Waals surface area contributed by atoms with Gasteiger partial charge < -0.3 is 15.0 Å². The fraction of sp³-hybridized carbons (Fsp3) is 0.423. The number of nitrogens with zero attached hydrogens (tertiary/aromatic N) is 5. The second kappa shape index (κ2) is 8.33. The number of benzene rings is 2. The molecule has 0 radical (unpaired) electrons. The van der Waals surface area contributed by atoms with E-state index in [1.165, 1.54) is 23.9 Å². The molecule has 2 fully saturated rings. The Hall–Kier alpha value is -3.40. The average molecular weight is 497 g/mol. The highest BCUT2D eigenvalue weighted by molar-refractivity contribution is 6.01. The van der Waals surface area contributed by atoms with E-state index in [0.29, 0.717) is 22.4 Å². The van der Waals surface area contributed by atoms with Crippen molar-refractivity contribution in [1.82, 2.24) is 19.8 Å². The Morgan fingerprint density at radius 3 is 2.61 bits per heavy atom. The highest BCUT2D eigenvalue weighted by Crippen LogP contribution is 2.43. The fourth-order valence-electron chi connectivity index (χ4n) is 5.64. The monoisotopic (exact) mass is 496 g/mol. The van der Waals surface area contributed by atoms with E-state index in [2.05, 4.69) is 37.5 Å². The molecule has 1 spiro atoms. The second-order valence-corrected chi connectivity index (χ2v) is 10.0. The van der Waals surface area contributed by atoms with Crippen LogP contribution in [0.3, 0.4) is 0 Å². The molecule has 2 aliphatic rings. The summed E-state index contributed by atoms with van der Waals surface area (Å²) in [6, 6.07) is 10.1. The van der Waals surface area contributed by atoms with Crippen LogP contribution in [0, 0.1) is 12.3 Å². The van der Waals surface area contributed by atoms with E-state index in [-0.39, 0.29) is 5.56 Å². The van der Waals surface area contributed by atoms with Gasteiger partial charge in [0.25, 0.3) is 0 Å². The molecule has 0 bridgehead atoms. The molecule has 0 unspecified atom stereocenters. The van der Waals surface area contributed by atoms with Gasteiger partial charge in [-0.15, -0.1) is 14.8 Å². The Balaban J connectivity index is 1.36. The Bertz CT molecular complexity index is 1440. The van der Waals surface area contributed by atoms with Crippen molar-refractivity contribution in [3.8, 4) is 0 Å². The van der Waals surface area contributed by atoms with Gasteiger partial charge in [0.05, 0.1) is 11.6 Å². The third-order valence-electron chi connectivity index (χ3n) is 7.70. The lowest BCUT2D eigenvalue weighted by molar-refractivity contribution is -0.138. The summed E-state index contributed by atoms with van der Waals surface area (Å²) >= 11 is 0. The zero-order valence-electron chi connectivity index (χ0n) is 20.1. The normalized spacial score (nSPS) is 18.5. The predicted octanol–water partition coefficient (Wildman–Crippen LogP) is 5.39. The third kappa shape index (κ3) is 3.84. The van der Waals surface area contributed by atoms with Crippen LogP contribution >= 0.6 is 0 Å². The molecule has 36 heavy (non-hydrogen) atoms. The van der Waals surface area contributed by atoms with Gasteiger partial charge in [-0.05, 0) is 62.1 Å². The van der Waals surface area contributed by atoms with E-state index in [4.69, 9.17) is 4.74 Å². The van der Waals surface area contributed by atoms with Crippen molar-refractivity contribution in [3.63, 3.8) is 0 Å². The van der Waals surface area contributed by atoms with Crippen LogP contribution in [0.1, 0.15) is 42.5 Å². The van der Waals surface area contributed by atoms with Crippen molar-refractivity contribution >= 4 is 27.9 Å². The van der Waals surface area contributed by atoms with Crippen LogP contribution < -0.4 is 10.2 Å². The zero-order chi connectivity index (χ0) is 25.1. The van der Waals surface area contributed by atoms with Gasteiger partial charge in [0.15, 0.2) is 11.5 Å². The van der Waals surface area contributed by atoms with Gasteiger partial charge in [0.2, 0.25) is 0 Å². The molecule has 0 saturated carbocycles. The standard InChI is InChI=1S/C26H27F3N6O/c1-16-19(4-3-5-22(16)26(27,28)29)17(2)32-23-21-12-18(34-13-25(14-34)8-10-36-11-9-25)6-7-20(21)24-30-15-31-35(24)33-23/h3-7,12,15,17H,8-11,13-14H2,1-2H3,(H,32,33)/t17-/m1/s1. The number of anilines is 2. The van der Waals surface area contributed by atoms with Crippen LogP contribution in [0.4, 0.5) is 24.7 Å². The minimum atomic E-state index is -4.40. The number of rotatable bonds is 4. The first-order valence-corrected chi connectivity index (χ1v) is 12.1. The lowest BCUT2D eigenvalue weighted by atomic mass is 9.73. The van der Waals surface area contributed by atoms with E-state index in [1.54, 1.807) is 6.07 Å². The molecule has 0 amide bonds. The summed E-state index contributed by atoms with van der Waals surface area (Å²) in [6.07, 6.45) is -0.790. The molecule has 2 aliphatic heterocycles. The number of hydrogen-bond donors (Lipinski definition) is 1. The SMILES string of the molecule is Cc1c([C@@H](C)Nc2nn3ncnc3c3ccc(N4CC5(CCOCC5)C4)cc23)cccc1C(F)(F)F. The Morgan fingerprint density at radius 1 is 1.08 bits per heavy atom. The van der Waals surface area contributed by atoms with Gasteiger partial charge in [-0.1, -0.05) is 12.1 Å². The maximum atomic E-state index is 13.5. The molecule has 2 saturated heterocycles. The van der Waals surface area contributed by atoms with Crippen LogP contribution in [0.2, 0.25) is 0 Å². The third-order valence-corrected chi connectivity index (χ3v) is 7.70. The molecule has 2 aromatic carbocycles. The van der Waals surface area contributed by atoms with Gasteiger partial charge in [0.1, 0.15) is 6.33 Å². The lowest BCUT2D eigenvalue weighted by Gasteiger charge is -2.53. The summed E-state index contributed by atoms with van der Waals surface area (Å²) in [5, 5.41) is 13.9. The highest BCUT2D eigenvalue weighted by Gasteiger charge is 2.44. The quantitative estimate of drug-likeness (QED) is 0.408. The number of fused-ring (bicyclic) bond motifs is 3. The van der Waals surface area contributed by atoms with Gasteiger partial charge >= 0.3 is 6.18 Å². The molecule has 0 aliphatic carbocycles. The number of halogens is 3.